The molecule has 0 fully saturated rings. The van der Waals surface area contributed by atoms with Crippen molar-refractivity contribution in [3.8, 4) is 0 Å². The topological polar surface area (TPSA) is 38.0 Å². The summed E-state index contributed by atoms with van der Waals surface area (Å²) in [5.41, 5.74) is 2.40. The van der Waals surface area contributed by atoms with Gasteiger partial charge in [-0.3, -0.25) is 4.68 Å². The molecule has 1 N–H and O–H groups in total. The van der Waals surface area contributed by atoms with Crippen molar-refractivity contribution in [2.24, 2.45) is 7.05 Å². The summed E-state index contributed by atoms with van der Waals surface area (Å²) < 4.78 is 1.77. The van der Waals surface area contributed by atoms with Crippen LogP contribution in [-0.2, 0) is 26.3 Å². The van der Waals surface area contributed by atoms with Gasteiger partial charge in [0.15, 0.2) is 0 Å². The van der Waals surface area contributed by atoms with Crippen LogP contribution in [0.1, 0.15) is 33.5 Å². The number of nitrogens with zero attached hydrogens (tertiary/aromatic N) is 2. The Morgan fingerprint density at radius 3 is 3.12 bits per heavy atom. The molecule has 90 valence electrons. The molecule has 17 heavy (non-hydrogen) atoms. The minimum absolute atomic E-state index is 0.402. The first-order chi connectivity index (χ1) is 8.22. The maximum absolute atomic E-state index is 10.2. The molecule has 0 aliphatic heterocycles. The molecule has 2 heterocycles. The smallest absolute Gasteiger partial charge is 0.0938 e. The van der Waals surface area contributed by atoms with Crippen molar-refractivity contribution in [3.63, 3.8) is 0 Å². The fourth-order valence-corrected chi connectivity index (χ4v) is 3.63. The van der Waals surface area contributed by atoms with Crippen LogP contribution in [0.5, 0.6) is 0 Å². The highest BCUT2D eigenvalue weighted by Gasteiger charge is 2.19. The van der Waals surface area contributed by atoms with Crippen LogP contribution in [0.4, 0.5) is 0 Å². The van der Waals surface area contributed by atoms with Crippen LogP contribution in [0, 0.1) is 0 Å². The zero-order valence-electron chi connectivity index (χ0n) is 9.89. The molecule has 4 heteroatoms. The summed E-state index contributed by atoms with van der Waals surface area (Å²) in [6, 6.07) is 4.14. The highest BCUT2D eigenvalue weighted by Crippen LogP contribution is 2.34. The van der Waals surface area contributed by atoms with E-state index in [1.165, 1.54) is 29.7 Å². The van der Waals surface area contributed by atoms with E-state index in [0.29, 0.717) is 6.42 Å². The van der Waals surface area contributed by atoms with E-state index < -0.39 is 6.10 Å². The Kier molecular flexibility index (Phi) is 2.76. The maximum atomic E-state index is 10.2. The van der Waals surface area contributed by atoms with Gasteiger partial charge in [-0.25, -0.2) is 0 Å². The molecule has 2 aromatic rings. The number of aryl methyl sites for hydroxylation is 3. The molecule has 1 unspecified atom stereocenters. The lowest BCUT2D eigenvalue weighted by atomic mass is 10.1. The van der Waals surface area contributed by atoms with E-state index in [1.54, 1.807) is 16.0 Å². The molecule has 0 saturated heterocycles. The fraction of sp³-hybridized carbons (Fsp3) is 0.462. The third-order valence-electron chi connectivity index (χ3n) is 3.27. The van der Waals surface area contributed by atoms with Crippen LogP contribution in [0.15, 0.2) is 18.3 Å². The van der Waals surface area contributed by atoms with Gasteiger partial charge in [-0.2, -0.15) is 5.10 Å². The van der Waals surface area contributed by atoms with Gasteiger partial charge in [-0.1, -0.05) is 0 Å². The Morgan fingerprint density at radius 1 is 1.53 bits per heavy atom. The van der Waals surface area contributed by atoms with Gasteiger partial charge in [0.2, 0.25) is 0 Å². The normalized spacial score (nSPS) is 16.1. The van der Waals surface area contributed by atoms with Crippen molar-refractivity contribution in [2.45, 2.75) is 31.8 Å². The lowest BCUT2D eigenvalue weighted by Gasteiger charge is -2.06. The Bertz CT molecular complexity index is 508. The highest BCUT2D eigenvalue weighted by molar-refractivity contribution is 7.12. The number of hydrogen-bond acceptors (Lipinski definition) is 3. The Morgan fingerprint density at radius 2 is 2.41 bits per heavy atom. The number of aromatic nitrogens is 2. The average molecular weight is 248 g/mol. The van der Waals surface area contributed by atoms with Crippen molar-refractivity contribution < 1.29 is 5.11 Å². The standard InChI is InChI=1S/C13H16N2OS/c1-15-6-5-10(14-15)8-11(16)13-7-9-3-2-4-12(9)17-13/h5-7,11,16H,2-4,8H2,1H3. The predicted octanol–water partition coefficient (Wildman–Crippen LogP) is 2.25. The molecule has 3 nitrogen and oxygen atoms in total. The van der Waals surface area contributed by atoms with Gasteiger partial charge in [0.25, 0.3) is 0 Å². The van der Waals surface area contributed by atoms with Crippen molar-refractivity contribution in [2.75, 3.05) is 0 Å². The van der Waals surface area contributed by atoms with Crippen LogP contribution in [0.2, 0.25) is 0 Å². The molecule has 1 aliphatic rings. The van der Waals surface area contributed by atoms with Gasteiger partial charge in [0.1, 0.15) is 0 Å². The van der Waals surface area contributed by atoms with E-state index in [1.807, 2.05) is 19.3 Å². The van der Waals surface area contributed by atoms with Crippen LogP contribution >= 0.6 is 11.3 Å². The molecule has 0 bridgehead atoms. The molecule has 2 aromatic heterocycles. The fourth-order valence-electron chi connectivity index (χ4n) is 2.39. The van der Waals surface area contributed by atoms with Crippen LogP contribution in [0.3, 0.4) is 0 Å². The van der Waals surface area contributed by atoms with Crippen LogP contribution in [0.25, 0.3) is 0 Å². The Labute approximate surface area is 105 Å². The summed E-state index contributed by atoms with van der Waals surface area (Å²) >= 11 is 1.77. The van der Waals surface area contributed by atoms with Crippen molar-refractivity contribution >= 4 is 11.3 Å². The molecule has 0 amide bonds. The first kappa shape index (κ1) is 11.0. The lowest BCUT2D eigenvalue weighted by Crippen LogP contribution is -2.01. The highest BCUT2D eigenvalue weighted by atomic mass is 32.1. The van der Waals surface area contributed by atoms with Gasteiger partial charge >= 0.3 is 0 Å². The number of rotatable bonds is 3. The monoisotopic (exact) mass is 248 g/mol. The summed E-state index contributed by atoms with van der Waals surface area (Å²) in [5, 5.41) is 14.5. The lowest BCUT2D eigenvalue weighted by molar-refractivity contribution is 0.181. The summed E-state index contributed by atoms with van der Waals surface area (Å²) in [5.74, 6) is 0. The van der Waals surface area contributed by atoms with E-state index >= 15 is 0 Å². The van der Waals surface area contributed by atoms with E-state index in [9.17, 15) is 5.11 Å². The second kappa shape index (κ2) is 4.27. The summed E-state index contributed by atoms with van der Waals surface area (Å²) in [6.45, 7) is 0. The number of fused-ring (bicyclic) bond motifs is 1. The van der Waals surface area contributed by atoms with Gasteiger partial charge in [-0.05, 0) is 37.0 Å². The third-order valence-corrected chi connectivity index (χ3v) is 4.60. The molecule has 0 radical (unpaired) electrons. The zero-order chi connectivity index (χ0) is 11.8. The van der Waals surface area contributed by atoms with Gasteiger partial charge in [0.05, 0.1) is 11.8 Å². The zero-order valence-corrected chi connectivity index (χ0v) is 10.7. The van der Waals surface area contributed by atoms with E-state index in [2.05, 4.69) is 11.2 Å². The van der Waals surface area contributed by atoms with Gasteiger partial charge in [0, 0.05) is 29.4 Å². The molecule has 3 rings (SSSR count). The minimum Gasteiger partial charge on any atom is -0.387 e. The average Bonchev–Trinajstić information content (AvgIpc) is 2.92. The SMILES string of the molecule is Cn1ccc(CC(O)c2cc3c(s2)CCC3)n1. The van der Waals surface area contributed by atoms with E-state index in [4.69, 9.17) is 0 Å². The molecule has 0 aromatic carbocycles. The van der Waals surface area contributed by atoms with Crippen molar-refractivity contribution in [3.05, 3.63) is 39.3 Å². The summed E-state index contributed by atoms with van der Waals surface area (Å²) in [4.78, 5) is 2.57. The first-order valence-corrected chi connectivity index (χ1v) is 6.82. The molecule has 0 spiro atoms. The first-order valence-electron chi connectivity index (χ1n) is 6.00. The molecule has 0 saturated carbocycles. The number of aliphatic hydroxyl groups excluding tert-OH is 1. The Balaban J connectivity index is 1.75. The van der Waals surface area contributed by atoms with Gasteiger partial charge < -0.3 is 5.11 Å². The van der Waals surface area contributed by atoms with Crippen LogP contribution in [-0.4, -0.2) is 14.9 Å². The van der Waals surface area contributed by atoms with Crippen molar-refractivity contribution in [1.82, 2.24) is 9.78 Å². The number of thiophene rings is 1. The van der Waals surface area contributed by atoms with Crippen molar-refractivity contribution in [1.29, 1.82) is 0 Å². The van der Waals surface area contributed by atoms with Gasteiger partial charge in [-0.15, -0.1) is 11.3 Å². The second-order valence-corrected chi connectivity index (χ2v) is 5.82. The molecule has 1 atom stereocenters. The van der Waals surface area contributed by atoms with E-state index in [-0.39, 0.29) is 0 Å². The largest absolute Gasteiger partial charge is 0.387 e. The quantitative estimate of drug-likeness (QED) is 0.904. The molecule has 1 aliphatic carbocycles. The molecular weight excluding hydrogens is 232 g/mol. The Hall–Kier alpha value is -1.13. The maximum Gasteiger partial charge on any atom is 0.0938 e. The number of aliphatic hydroxyl groups is 1. The van der Waals surface area contributed by atoms with Crippen LogP contribution < -0.4 is 0 Å². The molecular formula is C13H16N2OS. The second-order valence-electron chi connectivity index (χ2n) is 4.65. The third kappa shape index (κ3) is 2.15. The number of hydrogen-bond donors (Lipinski definition) is 1. The summed E-state index contributed by atoms with van der Waals surface area (Å²) in [7, 11) is 1.90. The predicted molar refractivity (Wildman–Crippen MR) is 68.2 cm³/mol. The summed E-state index contributed by atoms with van der Waals surface area (Å²) in [6.07, 6.45) is 5.77. The minimum atomic E-state index is -0.402. The van der Waals surface area contributed by atoms with E-state index in [0.717, 1.165) is 10.6 Å².